The van der Waals surface area contributed by atoms with E-state index >= 15 is 0 Å². The average Bonchev–Trinajstić information content (AvgIpc) is 2.74. The van der Waals surface area contributed by atoms with Crippen LogP contribution in [0.3, 0.4) is 0 Å². The second-order valence-electron chi connectivity index (χ2n) is 3.03. The van der Waals surface area contributed by atoms with E-state index in [0.29, 0.717) is 18.7 Å². The number of hydrogen-bond donors (Lipinski definition) is 0. The number of hydrogen-bond acceptors (Lipinski definition) is 1. The van der Waals surface area contributed by atoms with Gasteiger partial charge in [0, 0.05) is 12.3 Å². The van der Waals surface area contributed by atoms with Crippen molar-refractivity contribution in [3.63, 3.8) is 0 Å². The highest BCUT2D eigenvalue weighted by atomic mass is 19.1. The zero-order chi connectivity index (χ0) is 11.3. The van der Waals surface area contributed by atoms with Crippen molar-refractivity contribution in [2.75, 3.05) is 6.54 Å². The molecule has 1 aromatic carbocycles. The number of halogens is 2. The molecule has 3 heteroatoms. The Bertz CT molecular complexity index is 338. The molecule has 1 nitrogen and oxygen atoms in total. The van der Waals surface area contributed by atoms with Crippen LogP contribution in [0, 0.1) is 11.6 Å². The topological polar surface area (TPSA) is 12.4 Å². The van der Waals surface area contributed by atoms with E-state index in [0.717, 1.165) is 6.42 Å². The van der Waals surface area contributed by atoms with E-state index < -0.39 is 11.6 Å². The third-order valence-electron chi connectivity index (χ3n) is 2.13. The highest BCUT2D eigenvalue weighted by Gasteiger charge is 2.16. The Morgan fingerprint density at radius 3 is 2.20 bits per heavy atom. The van der Waals surface area contributed by atoms with Crippen LogP contribution in [0.25, 0.3) is 0 Å². The van der Waals surface area contributed by atoms with Crippen molar-refractivity contribution in [1.29, 1.82) is 0 Å². The van der Waals surface area contributed by atoms with Gasteiger partial charge in [0.15, 0.2) is 0 Å². The molecule has 0 N–H and O–H groups in total. The summed E-state index contributed by atoms with van der Waals surface area (Å²) in [6.07, 6.45) is 1.57. The molecular formula is C12H15F2N. The first kappa shape index (κ1) is 11.8. The third kappa shape index (κ3) is 2.61. The highest BCUT2D eigenvalue weighted by Crippen LogP contribution is 2.18. The third-order valence-corrected chi connectivity index (χ3v) is 2.13. The lowest BCUT2D eigenvalue weighted by atomic mass is 10.1. The minimum atomic E-state index is -0.513. The summed E-state index contributed by atoms with van der Waals surface area (Å²) in [6, 6.07) is 3.89. The number of rotatable bonds is 1. The minimum absolute atomic E-state index is 0.0556. The van der Waals surface area contributed by atoms with E-state index in [4.69, 9.17) is 0 Å². The Morgan fingerprint density at radius 1 is 1.13 bits per heavy atom. The van der Waals surface area contributed by atoms with Crippen molar-refractivity contribution < 1.29 is 8.78 Å². The van der Waals surface area contributed by atoms with Gasteiger partial charge >= 0.3 is 0 Å². The molecule has 82 valence electrons. The first-order valence-corrected chi connectivity index (χ1v) is 5.27. The van der Waals surface area contributed by atoms with Crippen LogP contribution in [0.1, 0.15) is 32.3 Å². The second-order valence-corrected chi connectivity index (χ2v) is 3.03. The largest absolute Gasteiger partial charge is 0.289 e. The van der Waals surface area contributed by atoms with E-state index in [-0.39, 0.29) is 5.56 Å². The molecule has 1 aliphatic heterocycles. The molecule has 2 rings (SSSR count). The lowest BCUT2D eigenvalue weighted by Gasteiger charge is -2.03. The molecule has 0 spiro atoms. The molecule has 0 atom stereocenters. The number of benzene rings is 1. The molecular weight excluding hydrogens is 196 g/mol. The Kier molecular flexibility index (Phi) is 4.40. The molecule has 0 unspecified atom stereocenters. The van der Waals surface area contributed by atoms with E-state index in [1.165, 1.54) is 18.2 Å². The lowest BCUT2D eigenvalue weighted by molar-refractivity contribution is 0.578. The fourth-order valence-corrected chi connectivity index (χ4v) is 1.52. The van der Waals surface area contributed by atoms with Gasteiger partial charge in [0.25, 0.3) is 0 Å². The fraction of sp³-hybridized carbons (Fsp3) is 0.417. The molecule has 0 saturated heterocycles. The minimum Gasteiger partial charge on any atom is -0.289 e. The molecule has 15 heavy (non-hydrogen) atoms. The van der Waals surface area contributed by atoms with Gasteiger partial charge in [0.2, 0.25) is 0 Å². The molecule has 1 heterocycles. The van der Waals surface area contributed by atoms with Crippen LogP contribution in [0.2, 0.25) is 0 Å². The van der Waals surface area contributed by atoms with Crippen molar-refractivity contribution in [2.45, 2.75) is 26.7 Å². The van der Waals surface area contributed by atoms with Crippen molar-refractivity contribution >= 4 is 5.71 Å². The van der Waals surface area contributed by atoms with Crippen molar-refractivity contribution in [2.24, 2.45) is 4.99 Å². The summed E-state index contributed by atoms with van der Waals surface area (Å²) in [7, 11) is 0. The summed E-state index contributed by atoms with van der Waals surface area (Å²) in [5, 5.41) is 0. The molecule has 0 fully saturated rings. The maximum Gasteiger partial charge on any atom is 0.135 e. The Labute approximate surface area is 88.8 Å². The summed E-state index contributed by atoms with van der Waals surface area (Å²) in [6.45, 7) is 4.68. The second kappa shape index (κ2) is 5.59. The molecule has 0 aromatic heterocycles. The number of aliphatic imine (C=N–C) groups is 1. The van der Waals surface area contributed by atoms with Crippen LogP contribution in [0.5, 0.6) is 0 Å². The fourth-order valence-electron chi connectivity index (χ4n) is 1.52. The van der Waals surface area contributed by atoms with Crippen molar-refractivity contribution in [3.05, 3.63) is 35.4 Å². The van der Waals surface area contributed by atoms with Crippen LogP contribution < -0.4 is 0 Å². The maximum absolute atomic E-state index is 13.2. The van der Waals surface area contributed by atoms with Gasteiger partial charge in [-0.3, -0.25) is 4.99 Å². The van der Waals surface area contributed by atoms with E-state index in [2.05, 4.69) is 4.99 Å². The van der Waals surface area contributed by atoms with Crippen LogP contribution in [-0.2, 0) is 0 Å². The standard InChI is InChI=1S/C10H9F2N.C2H6/c11-7-3-1-4-8(12)10(7)9-5-2-6-13-9;1-2/h1,3-4H,2,5-6H2;1-2H3. The van der Waals surface area contributed by atoms with Gasteiger partial charge in [-0.1, -0.05) is 19.9 Å². The summed E-state index contributed by atoms with van der Waals surface area (Å²) in [4.78, 5) is 4.06. The summed E-state index contributed by atoms with van der Waals surface area (Å²) in [5.41, 5.74) is 0.621. The molecule has 0 aliphatic carbocycles. The SMILES string of the molecule is CC.Fc1cccc(F)c1C1=NCCC1. The summed E-state index contributed by atoms with van der Waals surface area (Å²) < 4.78 is 26.4. The molecule has 0 radical (unpaired) electrons. The van der Waals surface area contributed by atoms with Crippen molar-refractivity contribution in [1.82, 2.24) is 0 Å². The van der Waals surface area contributed by atoms with Gasteiger partial charge in [0.05, 0.1) is 5.56 Å². The van der Waals surface area contributed by atoms with Crippen LogP contribution in [0.15, 0.2) is 23.2 Å². The normalized spacial score (nSPS) is 14.3. The van der Waals surface area contributed by atoms with Gasteiger partial charge in [-0.25, -0.2) is 8.78 Å². The first-order chi connectivity index (χ1) is 7.29. The zero-order valence-corrected chi connectivity index (χ0v) is 9.06. The smallest absolute Gasteiger partial charge is 0.135 e. The Hall–Kier alpha value is -1.25. The van der Waals surface area contributed by atoms with Crippen LogP contribution >= 0.6 is 0 Å². The van der Waals surface area contributed by atoms with Gasteiger partial charge in [-0.2, -0.15) is 0 Å². The first-order valence-electron chi connectivity index (χ1n) is 5.27. The van der Waals surface area contributed by atoms with Gasteiger partial charge in [-0.05, 0) is 25.0 Å². The monoisotopic (exact) mass is 211 g/mol. The molecule has 0 saturated carbocycles. The average molecular weight is 211 g/mol. The van der Waals surface area contributed by atoms with E-state index in [1.807, 2.05) is 13.8 Å². The molecule has 1 aromatic rings. The van der Waals surface area contributed by atoms with E-state index in [9.17, 15) is 8.78 Å². The molecule has 1 aliphatic rings. The Morgan fingerprint density at radius 2 is 1.73 bits per heavy atom. The van der Waals surface area contributed by atoms with Gasteiger partial charge < -0.3 is 0 Å². The molecule has 0 amide bonds. The maximum atomic E-state index is 13.2. The zero-order valence-electron chi connectivity index (χ0n) is 9.06. The van der Waals surface area contributed by atoms with Gasteiger partial charge in [-0.15, -0.1) is 0 Å². The van der Waals surface area contributed by atoms with Crippen LogP contribution in [0.4, 0.5) is 8.78 Å². The quantitative estimate of drug-likeness (QED) is 0.673. The van der Waals surface area contributed by atoms with Crippen LogP contribution in [-0.4, -0.2) is 12.3 Å². The molecule has 0 bridgehead atoms. The predicted octanol–water partition coefficient (Wildman–Crippen LogP) is 3.57. The van der Waals surface area contributed by atoms with Crippen molar-refractivity contribution in [3.8, 4) is 0 Å². The predicted molar refractivity (Wildman–Crippen MR) is 58.3 cm³/mol. The highest BCUT2D eigenvalue weighted by molar-refractivity contribution is 6.01. The number of nitrogens with zero attached hydrogens (tertiary/aromatic N) is 1. The van der Waals surface area contributed by atoms with Gasteiger partial charge in [0.1, 0.15) is 11.6 Å². The van der Waals surface area contributed by atoms with E-state index in [1.54, 1.807) is 0 Å². The summed E-state index contributed by atoms with van der Waals surface area (Å²) in [5.74, 6) is -1.03. The Balaban J connectivity index is 0.000000531. The summed E-state index contributed by atoms with van der Waals surface area (Å²) >= 11 is 0. The lowest BCUT2D eigenvalue weighted by Crippen LogP contribution is -2.03.